The van der Waals surface area contributed by atoms with E-state index >= 15 is 0 Å². The Hall–Kier alpha value is -3.91. The van der Waals surface area contributed by atoms with Gasteiger partial charge in [0.05, 0.1) is 23.8 Å². The predicted octanol–water partition coefficient (Wildman–Crippen LogP) is 5.55. The summed E-state index contributed by atoms with van der Waals surface area (Å²) in [5.41, 5.74) is 3.51. The minimum Gasteiger partial charge on any atom is -0.487 e. The molecule has 0 aliphatic carbocycles. The van der Waals surface area contributed by atoms with E-state index in [0.717, 1.165) is 34.5 Å². The Bertz CT molecular complexity index is 1580. The Kier molecular flexibility index (Phi) is 10.5. The summed E-state index contributed by atoms with van der Waals surface area (Å²) in [5, 5.41) is 12.3. The van der Waals surface area contributed by atoms with Gasteiger partial charge < -0.3 is 20.1 Å². The smallest absolute Gasteiger partial charge is 0.228 e. The number of rotatable bonds is 9. The van der Waals surface area contributed by atoms with Crippen molar-refractivity contribution in [3.05, 3.63) is 82.5 Å². The second-order valence-electron chi connectivity index (χ2n) is 12.1. The van der Waals surface area contributed by atoms with Crippen LogP contribution in [-0.2, 0) is 16.8 Å². The highest BCUT2D eigenvalue weighted by Gasteiger charge is 2.26. The fraction of sp³-hybridized carbons (Fsp3) is 0.429. The van der Waals surface area contributed by atoms with E-state index in [9.17, 15) is 9.18 Å². The van der Waals surface area contributed by atoms with Crippen LogP contribution in [-0.4, -0.2) is 41.1 Å². The number of benzene rings is 2. The lowest BCUT2D eigenvalue weighted by Gasteiger charge is -2.27. The molecule has 0 spiro atoms. The number of hydrogen-bond donors (Lipinski definition) is 2. The lowest BCUT2D eigenvalue weighted by Crippen LogP contribution is -2.44. The number of nitrogens with one attached hydrogen (secondary N) is 2. The molecule has 0 bridgehead atoms. The molecule has 2 N–H and O–H groups in total. The fourth-order valence-electron chi connectivity index (χ4n) is 5.00. The molecular formula is C35H45FN4O3. The molecule has 2 atom stereocenters. The number of alkyl halides is 1. The van der Waals surface area contributed by atoms with Gasteiger partial charge in [-0.2, -0.15) is 5.10 Å². The van der Waals surface area contributed by atoms with Gasteiger partial charge in [-0.15, -0.1) is 0 Å². The predicted molar refractivity (Wildman–Crippen MR) is 171 cm³/mol. The lowest BCUT2D eigenvalue weighted by atomic mass is 10.1. The van der Waals surface area contributed by atoms with Crippen LogP contribution >= 0.6 is 0 Å². The third-order valence-corrected chi connectivity index (χ3v) is 7.58. The molecule has 2 unspecified atom stereocenters. The molecule has 43 heavy (non-hydrogen) atoms. The lowest BCUT2D eigenvalue weighted by molar-refractivity contribution is -0.115. The van der Waals surface area contributed by atoms with E-state index in [1.54, 1.807) is 6.20 Å². The van der Waals surface area contributed by atoms with Crippen molar-refractivity contribution in [2.45, 2.75) is 85.5 Å². The number of hydrogen-bond acceptors (Lipinski definition) is 5. The van der Waals surface area contributed by atoms with E-state index < -0.39 is 12.3 Å². The quantitative estimate of drug-likeness (QED) is 0.343. The highest BCUT2D eigenvalue weighted by Crippen LogP contribution is 2.24. The summed E-state index contributed by atoms with van der Waals surface area (Å²) in [6.45, 7) is 15.4. The van der Waals surface area contributed by atoms with E-state index in [1.807, 2.05) is 73.3 Å². The minimum atomic E-state index is -1.06. The third kappa shape index (κ3) is 8.35. The molecule has 230 valence electrons. The van der Waals surface area contributed by atoms with Gasteiger partial charge in [0.1, 0.15) is 29.5 Å². The number of halogens is 1. The van der Waals surface area contributed by atoms with E-state index in [0.29, 0.717) is 35.9 Å². The molecule has 0 radical (unpaired) electrons. The molecule has 1 aliphatic rings. The maximum absolute atomic E-state index is 14.5. The molecule has 3 aromatic rings. The number of aryl methyl sites for hydroxylation is 1. The van der Waals surface area contributed by atoms with E-state index in [4.69, 9.17) is 9.47 Å². The van der Waals surface area contributed by atoms with Crippen LogP contribution in [0.2, 0.25) is 0 Å². The van der Waals surface area contributed by atoms with Crippen molar-refractivity contribution in [1.29, 1.82) is 0 Å². The zero-order valence-corrected chi connectivity index (χ0v) is 26.5. The second-order valence-corrected chi connectivity index (χ2v) is 12.1. The van der Waals surface area contributed by atoms with Crippen LogP contribution in [0.4, 0.5) is 10.1 Å². The van der Waals surface area contributed by atoms with Crippen LogP contribution in [0.25, 0.3) is 11.3 Å². The van der Waals surface area contributed by atoms with Gasteiger partial charge in [0.2, 0.25) is 5.91 Å². The van der Waals surface area contributed by atoms with Gasteiger partial charge >= 0.3 is 0 Å². The van der Waals surface area contributed by atoms with Crippen molar-refractivity contribution in [3.63, 3.8) is 0 Å². The standard InChI is InChI=1S/C35H45FN4O3/c1-8-10-32(29-19-27(12-13-28(29)23(3)9-2)42-33-15-16-37-21-30(33)36)43-31-14-11-25(17-24(31)4)18-34(41)39-26-20-38-40(22-26)35(5,6)7/h8,10-14,17,19-20,22,30,33,37H,9,15-16,18,21H2,1-7H3,(H,39,41)/b10-8-,28-23+,32-29+. The van der Waals surface area contributed by atoms with E-state index in [-0.39, 0.29) is 17.9 Å². The van der Waals surface area contributed by atoms with Gasteiger partial charge in [-0.3, -0.25) is 9.48 Å². The summed E-state index contributed by atoms with van der Waals surface area (Å²) in [5.74, 6) is 1.87. The second kappa shape index (κ2) is 14.0. The van der Waals surface area contributed by atoms with Crippen LogP contribution in [0.15, 0.2) is 60.9 Å². The zero-order valence-electron chi connectivity index (χ0n) is 26.5. The average molecular weight is 589 g/mol. The van der Waals surface area contributed by atoms with Crippen molar-refractivity contribution < 1.29 is 18.7 Å². The Balaban J connectivity index is 1.60. The number of aromatic nitrogens is 2. The normalized spacial score (nSPS) is 18.8. The van der Waals surface area contributed by atoms with Gasteiger partial charge in [0.25, 0.3) is 0 Å². The number of ether oxygens (including phenoxy) is 2. The monoisotopic (exact) mass is 588 g/mol. The van der Waals surface area contributed by atoms with Gasteiger partial charge in [-0.25, -0.2) is 4.39 Å². The minimum absolute atomic E-state index is 0.112. The molecule has 1 aromatic heterocycles. The molecule has 1 amide bonds. The Morgan fingerprint density at radius 3 is 2.65 bits per heavy atom. The molecule has 2 heterocycles. The average Bonchev–Trinajstić information content (AvgIpc) is 3.44. The van der Waals surface area contributed by atoms with Crippen LogP contribution in [0.1, 0.15) is 65.5 Å². The molecule has 1 fully saturated rings. The number of carbonyl (C=O) groups excluding carboxylic acids is 1. The van der Waals surface area contributed by atoms with Crippen molar-refractivity contribution in [3.8, 4) is 11.5 Å². The first-order valence-corrected chi connectivity index (χ1v) is 15.1. The van der Waals surface area contributed by atoms with E-state index in [2.05, 4.69) is 50.4 Å². The number of amides is 1. The Morgan fingerprint density at radius 2 is 2.00 bits per heavy atom. The maximum Gasteiger partial charge on any atom is 0.228 e. The number of carbonyl (C=O) groups is 1. The Morgan fingerprint density at radius 1 is 1.21 bits per heavy atom. The van der Waals surface area contributed by atoms with Gasteiger partial charge in [0, 0.05) is 18.0 Å². The molecule has 7 nitrogen and oxygen atoms in total. The molecule has 2 aromatic carbocycles. The SMILES string of the molecule is C\C=C/C(Oc1ccc(CC(=O)Nc2cnn(C(C)(C)C)c2)cc1C)=c1/cc(OC2CCNCC2F)cc/c1=C(/C)CC. The summed E-state index contributed by atoms with van der Waals surface area (Å²) >= 11 is 0. The third-order valence-electron chi connectivity index (χ3n) is 7.58. The summed E-state index contributed by atoms with van der Waals surface area (Å²) in [6.07, 6.45) is 7.57. The van der Waals surface area contributed by atoms with Crippen LogP contribution < -0.4 is 30.5 Å². The van der Waals surface area contributed by atoms with Crippen molar-refractivity contribution >= 4 is 22.9 Å². The van der Waals surface area contributed by atoms with Crippen molar-refractivity contribution in [1.82, 2.24) is 15.1 Å². The number of allylic oxidation sites excluding steroid dienone is 1. The maximum atomic E-state index is 14.5. The van der Waals surface area contributed by atoms with Crippen LogP contribution in [0.3, 0.4) is 0 Å². The first kappa shape index (κ1) is 32.0. The van der Waals surface area contributed by atoms with Crippen LogP contribution in [0, 0.1) is 6.92 Å². The molecule has 1 aliphatic heterocycles. The molecule has 1 saturated heterocycles. The summed E-state index contributed by atoms with van der Waals surface area (Å²) in [6, 6.07) is 11.7. The first-order chi connectivity index (χ1) is 20.5. The van der Waals surface area contributed by atoms with Gasteiger partial charge in [0.15, 0.2) is 0 Å². The van der Waals surface area contributed by atoms with E-state index in [1.165, 1.54) is 5.57 Å². The first-order valence-electron chi connectivity index (χ1n) is 15.1. The van der Waals surface area contributed by atoms with Gasteiger partial charge in [-0.05, 0) is 102 Å². The molecular weight excluding hydrogens is 543 g/mol. The highest BCUT2D eigenvalue weighted by atomic mass is 19.1. The topological polar surface area (TPSA) is 77.4 Å². The summed E-state index contributed by atoms with van der Waals surface area (Å²) in [7, 11) is 0. The number of piperidine rings is 1. The van der Waals surface area contributed by atoms with Crippen molar-refractivity contribution in [2.24, 2.45) is 0 Å². The fourth-order valence-corrected chi connectivity index (χ4v) is 5.00. The van der Waals surface area contributed by atoms with Crippen LogP contribution in [0.5, 0.6) is 11.5 Å². The highest BCUT2D eigenvalue weighted by molar-refractivity contribution is 5.92. The largest absolute Gasteiger partial charge is 0.487 e. The molecule has 4 rings (SSSR count). The summed E-state index contributed by atoms with van der Waals surface area (Å²) in [4.78, 5) is 12.8. The molecule has 8 heteroatoms. The zero-order chi connectivity index (χ0) is 31.1. The summed E-state index contributed by atoms with van der Waals surface area (Å²) < 4.78 is 29.0. The molecule has 0 saturated carbocycles. The number of anilines is 1. The van der Waals surface area contributed by atoms with Gasteiger partial charge in [-0.1, -0.05) is 36.8 Å². The van der Waals surface area contributed by atoms with Crippen molar-refractivity contribution in [2.75, 3.05) is 18.4 Å². The number of nitrogens with zero attached hydrogens (tertiary/aromatic N) is 2. The Labute approximate surface area is 254 Å².